The first-order valence-corrected chi connectivity index (χ1v) is 10.6. The minimum atomic E-state index is -1.67. The number of aliphatic hydroxyl groups is 3. The summed E-state index contributed by atoms with van der Waals surface area (Å²) in [6, 6.07) is 8.13. The van der Waals surface area contributed by atoms with Gasteiger partial charge in [-0.3, -0.25) is 9.59 Å². The quantitative estimate of drug-likeness (QED) is 0.323. The smallest absolute Gasteiger partial charge is 0.303 e. The van der Waals surface area contributed by atoms with Gasteiger partial charge in [0.05, 0.1) is 19.3 Å². The molecule has 186 valence electrons. The molecule has 2 heterocycles. The van der Waals surface area contributed by atoms with Crippen molar-refractivity contribution in [1.29, 1.82) is 0 Å². The lowest BCUT2D eigenvalue weighted by atomic mass is 9.89. The molecule has 0 aliphatic carbocycles. The van der Waals surface area contributed by atoms with Crippen molar-refractivity contribution in [2.24, 2.45) is 0 Å². The van der Waals surface area contributed by atoms with Crippen LogP contribution in [0.4, 0.5) is 0 Å². The third kappa shape index (κ3) is 4.42. The van der Waals surface area contributed by atoms with E-state index >= 15 is 0 Å². The van der Waals surface area contributed by atoms with Gasteiger partial charge >= 0.3 is 5.97 Å². The number of phenolic OH excluding ortho intramolecular Hbond substituents is 2. The van der Waals surface area contributed by atoms with Crippen LogP contribution >= 0.6 is 0 Å². The highest BCUT2D eigenvalue weighted by Crippen LogP contribution is 2.45. The van der Waals surface area contributed by atoms with Gasteiger partial charge in [0.25, 0.3) is 0 Å². The molecule has 4 rings (SSSR count). The summed E-state index contributed by atoms with van der Waals surface area (Å²) in [4.78, 5) is 24.8. The molecule has 11 heteroatoms. The summed E-state index contributed by atoms with van der Waals surface area (Å²) < 4.78 is 22.5. The van der Waals surface area contributed by atoms with E-state index in [1.165, 1.54) is 31.4 Å². The lowest BCUT2D eigenvalue weighted by Crippen LogP contribution is -2.56. The topological polar surface area (TPSA) is 176 Å². The number of phenols is 2. The van der Waals surface area contributed by atoms with E-state index in [1.54, 1.807) is 0 Å². The molecule has 1 aliphatic heterocycles. The highest BCUT2D eigenvalue weighted by Gasteiger charge is 2.48. The van der Waals surface area contributed by atoms with E-state index in [9.17, 15) is 35.1 Å². The van der Waals surface area contributed by atoms with Crippen LogP contribution in [0.2, 0.25) is 0 Å². The Morgan fingerprint density at radius 1 is 1.09 bits per heavy atom. The molecule has 1 saturated heterocycles. The second-order valence-corrected chi connectivity index (χ2v) is 8.07. The van der Waals surface area contributed by atoms with Crippen LogP contribution < -0.4 is 10.2 Å². The lowest BCUT2D eigenvalue weighted by Gasteiger charge is -2.42. The number of carbonyl (C=O) groups is 1. The molecule has 11 nitrogen and oxygen atoms in total. The predicted octanol–water partition coefficient (Wildman–Crippen LogP) is 0.965. The molecule has 1 aliphatic rings. The van der Waals surface area contributed by atoms with Crippen LogP contribution in [0.3, 0.4) is 0 Å². The third-order valence-electron chi connectivity index (χ3n) is 5.81. The molecule has 5 N–H and O–H groups in total. The molecule has 35 heavy (non-hydrogen) atoms. The average Bonchev–Trinajstić information content (AvgIpc) is 2.82. The van der Waals surface area contributed by atoms with Crippen LogP contribution in [-0.4, -0.2) is 69.6 Å². The van der Waals surface area contributed by atoms with Gasteiger partial charge in [0, 0.05) is 24.6 Å². The first-order chi connectivity index (χ1) is 16.7. The second kappa shape index (κ2) is 9.55. The van der Waals surface area contributed by atoms with Crippen molar-refractivity contribution in [2.75, 3.05) is 13.7 Å². The maximum atomic E-state index is 13.0. The summed E-state index contributed by atoms with van der Waals surface area (Å²) in [6.45, 7) is 0.423. The van der Waals surface area contributed by atoms with Crippen molar-refractivity contribution in [3.63, 3.8) is 0 Å². The predicted molar refractivity (Wildman–Crippen MR) is 120 cm³/mol. The number of rotatable bonds is 5. The molecular weight excluding hydrogens is 464 g/mol. The van der Waals surface area contributed by atoms with Crippen LogP contribution in [0, 0.1) is 0 Å². The third-order valence-corrected chi connectivity index (χ3v) is 5.81. The van der Waals surface area contributed by atoms with Gasteiger partial charge in [-0.1, -0.05) is 0 Å². The van der Waals surface area contributed by atoms with Gasteiger partial charge in [0.2, 0.25) is 0 Å². The number of hydrogen-bond acceptors (Lipinski definition) is 11. The summed E-state index contributed by atoms with van der Waals surface area (Å²) in [6.07, 6.45) is -7.38. The molecule has 0 saturated carbocycles. The minimum Gasteiger partial charge on any atom is -0.508 e. The number of carbonyl (C=O) groups excluding carboxylic acids is 1. The fraction of sp³-hybridized carbons (Fsp3) is 0.333. The fourth-order valence-electron chi connectivity index (χ4n) is 4.16. The molecule has 5 unspecified atom stereocenters. The maximum absolute atomic E-state index is 13.0. The molecule has 2 aromatic carbocycles. The second-order valence-electron chi connectivity index (χ2n) is 8.07. The zero-order valence-electron chi connectivity index (χ0n) is 18.7. The largest absolute Gasteiger partial charge is 0.508 e. The molecule has 1 fully saturated rings. The fourth-order valence-corrected chi connectivity index (χ4v) is 4.16. The summed E-state index contributed by atoms with van der Waals surface area (Å²) in [7, 11) is 1.28. The van der Waals surface area contributed by atoms with Gasteiger partial charge in [0.1, 0.15) is 52.8 Å². The molecule has 0 spiro atoms. The first-order valence-electron chi connectivity index (χ1n) is 10.6. The Balaban J connectivity index is 2.01. The van der Waals surface area contributed by atoms with E-state index in [4.69, 9.17) is 18.6 Å². The van der Waals surface area contributed by atoms with E-state index in [0.717, 1.165) is 19.1 Å². The van der Waals surface area contributed by atoms with Gasteiger partial charge in [-0.2, -0.15) is 0 Å². The van der Waals surface area contributed by atoms with E-state index < -0.39 is 54.3 Å². The molecule has 0 radical (unpaired) electrons. The van der Waals surface area contributed by atoms with Crippen LogP contribution in [-0.2, 0) is 14.3 Å². The summed E-state index contributed by atoms with van der Waals surface area (Å²) in [5.74, 6) is -1.19. The number of aliphatic hydroxyl groups excluding tert-OH is 3. The number of hydrogen-bond donors (Lipinski definition) is 5. The van der Waals surface area contributed by atoms with Crippen molar-refractivity contribution in [3.05, 3.63) is 52.2 Å². The van der Waals surface area contributed by atoms with Crippen molar-refractivity contribution < 1.29 is 49.0 Å². The molecule has 3 aromatic rings. The summed E-state index contributed by atoms with van der Waals surface area (Å²) in [5.41, 5.74) is -0.358. The summed E-state index contributed by atoms with van der Waals surface area (Å²) >= 11 is 0. The molecular formula is C24H24O11. The zero-order valence-corrected chi connectivity index (χ0v) is 18.7. The monoisotopic (exact) mass is 488 g/mol. The van der Waals surface area contributed by atoms with Crippen molar-refractivity contribution in [2.45, 2.75) is 37.4 Å². The number of esters is 1. The number of benzene rings is 2. The number of methoxy groups -OCH3 is 1. The maximum Gasteiger partial charge on any atom is 0.303 e. The van der Waals surface area contributed by atoms with Crippen LogP contribution in [0.15, 0.2) is 45.6 Å². The van der Waals surface area contributed by atoms with Crippen molar-refractivity contribution in [1.82, 2.24) is 0 Å². The Hall–Kier alpha value is -3.64. The van der Waals surface area contributed by atoms with Crippen LogP contribution in [0.5, 0.6) is 17.2 Å². The summed E-state index contributed by atoms with van der Waals surface area (Å²) in [5, 5.41) is 50.6. The number of ether oxygens (including phenoxy) is 3. The number of fused-ring (bicyclic) bond motifs is 1. The molecule has 5 atom stereocenters. The first kappa shape index (κ1) is 24.5. The Labute approximate surface area is 198 Å². The average molecular weight is 488 g/mol. The van der Waals surface area contributed by atoms with E-state index in [2.05, 4.69) is 0 Å². The van der Waals surface area contributed by atoms with E-state index in [1.807, 2.05) is 0 Å². The standard InChI is InChI=1S/C24H24O11/c1-10(26)33-24-21(31)20(30)17(9-25)35-23(24)19-16(32-2)8-14(29)18-13(28)7-15(34-22(18)19)11-3-5-12(27)6-4-11/h3-8,17,20-21,23-25,27,29-31H,9H2,1-2H3. The molecule has 0 amide bonds. The Morgan fingerprint density at radius 3 is 2.37 bits per heavy atom. The van der Waals surface area contributed by atoms with Gasteiger partial charge < -0.3 is 44.2 Å². The van der Waals surface area contributed by atoms with Gasteiger partial charge in [-0.15, -0.1) is 0 Å². The SMILES string of the molecule is COc1cc(O)c2c(=O)cc(-c3ccc(O)cc3)oc2c1C1OC(CO)C(O)C(O)C1OC(C)=O. The zero-order chi connectivity index (χ0) is 25.4. The van der Waals surface area contributed by atoms with E-state index in [-0.39, 0.29) is 33.8 Å². The highest BCUT2D eigenvalue weighted by molar-refractivity contribution is 5.89. The van der Waals surface area contributed by atoms with Gasteiger partial charge in [-0.25, -0.2) is 0 Å². The molecule has 1 aromatic heterocycles. The number of aromatic hydroxyl groups is 2. The van der Waals surface area contributed by atoms with E-state index in [0.29, 0.717) is 5.56 Å². The Kier molecular flexibility index (Phi) is 6.68. The van der Waals surface area contributed by atoms with Crippen molar-refractivity contribution >= 4 is 16.9 Å². The van der Waals surface area contributed by atoms with Gasteiger partial charge in [0.15, 0.2) is 17.1 Å². The Morgan fingerprint density at radius 2 is 1.77 bits per heavy atom. The van der Waals surface area contributed by atoms with Crippen molar-refractivity contribution in [3.8, 4) is 28.6 Å². The highest BCUT2D eigenvalue weighted by atomic mass is 16.6. The Bertz CT molecular complexity index is 1300. The van der Waals surface area contributed by atoms with Crippen LogP contribution in [0.1, 0.15) is 18.6 Å². The lowest BCUT2D eigenvalue weighted by molar-refractivity contribution is -0.240. The van der Waals surface area contributed by atoms with Crippen LogP contribution in [0.25, 0.3) is 22.3 Å². The normalized spacial score (nSPS) is 24.3. The minimum absolute atomic E-state index is 0.000640. The van der Waals surface area contributed by atoms with Gasteiger partial charge in [-0.05, 0) is 24.3 Å². The molecule has 0 bridgehead atoms.